The van der Waals surface area contributed by atoms with Gasteiger partial charge in [-0.05, 0) is 78.9 Å². The fourth-order valence-electron chi connectivity index (χ4n) is 7.74. The first-order valence-corrected chi connectivity index (χ1v) is 18.3. The van der Waals surface area contributed by atoms with Crippen LogP contribution in [0.25, 0.3) is 66.4 Å². The lowest BCUT2D eigenvalue weighted by Crippen LogP contribution is -2.13. The van der Waals surface area contributed by atoms with Gasteiger partial charge in [0, 0.05) is 68.1 Å². The van der Waals surface area contributed by atoms with Crippen molar-refractivity contribution < 1.29 is 13.3 Å². The third-order valence-electron chi connectivity index (χ3n) is 10.2. The van der Waals surface area contributed by atoms with Gasteiger partial charge < -0.3 is 23.1 Å². The van der Waals surface area contributed by atoms with Gasteiger partial charge >= 0.3 is 0 Å². The smallest absolute Gasteiger partial charge is 0.227 e. The average Bonchev–Trinajstić information content (AvgIpc) is 3.95. The Morgan fingerprint density at radius 2 is 0.800 bits per heavy atom. The highest BCUT2D eigenvalue weighted by atomic mass is 16.3. The van der Waals surface area contributed by atoms with Gasteiger partial charge in [0.1, 0.15) is 27.8 Å². The summed E-state index contributed by atoms with van der Waals surface area (Å²) in [6.07, 6.45) is 0. The molecule has 0 aliphatic rings. The van der Waals surface area contributed by atoms with Crippen LogP contribution in [0.15, 0.2) is 201 Å². The van der Waals surface area contributed by atoms with Gasteiger partial charge in [0.15, 0.2) is 5.58 Å². The lowest BCUT2D eigenvalue weighted by Gasteiger charge is -2.29. The molecule has 6 heteroatoms. The van der Waals surface area contributed by atoms with E-state index in [1.165, 1.54) is 0 Å². The molecule has 3 heterocycles. The fraction of sp³-hybridized carbons (Fsp3) is 0. The zero-order valence-corrected chi connectivity index (χ0v) is 29.5. The number of hydrogen-bond donors (Lipinski definition) is 0. The summed E-state index contributed by atoms with van der Waals surface area (Å²) in [5.74, 6) is 0.546. The Labute approximate surface area is 315 Å². The van der Waals surface area contributed by atoms with Crippen LogP contribution in [0.4, 0.5) is 34.1 Å². The molecule has 0 bridgehead atoms. The van der Waals surface area contributed by atoms with Gasteiger partial charge in [-0.3, -0.25) is 0 Å². The fourth-order valence-corrected chi connectivity index (χ4v) is 7.74. The van der Waals surface area contributed by atoms with Crippen LogP contribution in [0.3, 0.4) is 0 Å². The van der Waals surface area contributed by atoms with Crippen LogP contribution < -0.4 is 9.80 Å². The summed E-state index contributed by atoms with van der Waals surface area (Å²) in [5.41, 5.74) is 11.2. The van der Waals surface area contributed by atoms with Gasteiger partial charge in [0.05, 0.1) is 11.4 Å². The molecule has 0 spiro atoms. The molecule has 0 saturated carbocycles. The zero-order valence-electron chi connectivity index (χ0n) is 29.5. The predicted octanol–water partition coefficient (Wildman–Crippen LogP) is 14.2. The summed E-state index contributed by atoms with van der Waals surface area (Å²) in [4.78, 5) is 9.68. The average molecular weight is 710 g/mol. The molecule has 0 N–H and O–H groups in total. The number of nitrogens with zero attached hydrogens (tertiary/aromatic N) is 3. The van der Waals surface area contributed by atoms with Gasteiger partial charge in [0.2, 0.25) is 5.89 Å². The van der Waals surface area contributed by atoms with Crippen LogP contribution in [0.1, 0.15) is 0 Å². The van der Waals surface area contributed by atoms with Crippen molar-refractivity contribution in [3.05, 3.63) is 188 Å². The van der Waals surface area contributed by atoms with Crippen LogP contribution in [-0.2, 0) is 0 Å². The van der Waals surface area contributed by atoms with Crippen molar-refractivity contribution in [3.63, 3.8) is 0 Å². The van der Waals surface area contributed by atoms with Crippen molar-refractivity contribution >= 4 is 89.1 Å². The predicted molar refractivity (Wildman–Crippen MR) is 223 cm³/mol. The number of fused-ring (bicyclic) bond motifs is 7. The largest absolute Gasteiger partial charge is 0.456 e. The van der Waals surface area contributed by atoms with Gasteiger partial charge in [0.25, 0.3) is 0 Å². The topological polar surface area (TPSA) is 58.8 Å². The molecule has 0 aliphatic carbocycles. The molecular formula is C49H31N3O3. The molecule has 0 fully saturated rings. The van der Waals surface area contributed by atoms with Crippen molar-refractivity contribution in [2.45, 2.75) is 0 Å². The van der Waals surface area contributed by atoms with E-state index in [-0.39, 0.29) is 0 Å². The minimum Gasteiger partial charge on any atom is -0.456 e. The van der Waals surface area contributed by atoms with E-state index in [4.69, 9.17) is 18.2 Å². The molecule has 8 aromatic carbocycles. The molecule has 0 unspecified atom stereocenters. The monoisotopic (exact) mass is 709 g/mol. The van der Waals surface area contributed by atoms with Crippen molar-refractivity contribution in [2.24, 2.45) is 0 Å². The summed E-state index contributed by atoms with van der Waals surface area (Å²) in [6.45, 7) is 0. The maximum absolute atomic E-state index is 6.70. The van der Waals surface area contributed by atoms with E-state index in [1.54, 1.807) is 0 Å². The first-order valence-electron chi connectivity index (χ1n) is 18.3. The molecule has 3 aromatic heterocycles. The highest BCUT2D eigenvalue weighted by Crippen LogP contribution is 2.46. The number of para-hydroxylation sites is 4. The number of rotatable bonds is 7. The molecule has 0 aliphatic heterocycles. The van der Waals surface area contributed by atoms with E-state index in [0.29, 0.717) is 11.5 Å². The van der Waals surface area contributed by atoms with E-state index in [1.807, 2.05) is 78.9 Å². The van der Waals surface area contributed by atoms with Crippen LogP contribution >= 0.6 is 0 Å². The van der Waals surface area contributed by atoms with Crippen molar-refractivity contribution in [3.8, 4) is 11.5 Å². The second-order valence-corrected chi connectivity index (χ2v) is 13.6. The Hall–Kier alpha value is -7.57. The van der Waals surface area contributed by atoms with Crippen LogP contribution in [0.5, 0.6) is 0 Å². The third kappa shape index (κ3) is 5.23. The number of aromatic nitrogens is 1. The van der Waals surface area contributed by atoms with E-state index in [9.17, 15) is 0 Å². The summed E-state index contributed by atoms with van der Waals surface area (Å²) in [6, 6.07) is 64.2. The summed E-state index contributed by atoms with van der Waals surface area (Å²) in [7, 11) is 0. The first kappa shape index (κ1) is 31.0. The number of hydrogen-bond acceptors (Lipinski definition) is 6. The Morgan fingerprint density at radius 3 is 1.40 bits per heavy atom. The van der Waals surface area contributed by atoms with E-state index in [0.717, 1.165) is 89.1 Å². The van der Waals surface area contributed by atoms with Gasteiger partial charge in [-0.15, -0.1) is 0 Å². The number of oxazole rings is 1. The minimum absolute atomic E-state index is 0.546. The molecule has 11 rings (SSSR count). The van der Waals surface area contributed by atoms with Crippen LogP contribution in [-0.4, -0.2) is 4.98 Å². The Morgan fingerprint density at radius 1 is 0.327 bits per heavy atom. The van der Waals surface area contributed by atoms with E-state index >= 15 is 0 Å². The lowest BCUT2D eigenvalue weighted by atomic mass is 10.1. The standard InChI is InChI=1S/C49H31N3O3/c1-4-14-32(15-5-1)49-50-48-42(52(34-18-8-3-9-19-34)36-25-27-41-39-21-11-13-23-44(39)54-46(41)30-36)28-37(31-47(48)55-49)51(33-16-6-2-7-17-33)35-24-26-40-38-20-10-12-22-43(38)53-45(40)29-35/h1-31H. The van der Waals surface area contributed by atoms with Crippen LogP contribution in [0.2, 0.25) is 0 Å². The highest BCUT2D eigenvalue weighted by Gasteiger charge is 2.25. The van der Waals surface area contributed by atoms with Crippen molar-refractivity contribution in [1.82, 2.24) is 4.98 Å². The number of benzene rings is 8. The normalized spacial score (nSPS) is 11.6. The molecule has 11 aromatic rings. The molecule has 6 nitrogen and oxygen atoms in total. The van der Waals surface area contributed by atoms with Gasteiger partial charge in [-0.2, -0.15) is 0 Å². The molecule has 0 radical (unpaired) electrons. The summed E-state index contributed by atoms with van der Waals surface area (Å²) < 4.78 is 19.5. The second-order valence-electron chi connectivity index (χ2n) is 13.6. The minimum atomic E-state index is 0.546. The SMILES string of the molecule is c1ccc(-c2nc3c(N(c4ccccc4)c4ccc5c(c4)oc4ccccc45)cc(N(c4ccccc4)c4ccc5c(c4)oc4ccccc45)cc3o2)cc1. The molecule has 55 heavy (non-hydrogen) atoms. The summed E-state index contributed by atoms with van der Waals surface area (Å²) >= 11 is 0. The highest BCUT2D eigenvalue weighted by molar-refractivity contribution is 6.08. The van der Waals surface area contributed by atoms with Crippen molar-refractivity contribution in [2.75, 3.05) is 9.80 Å². The molecular weight excluding hydrogens is 679 g/mol. The first-order chi connectivity index (χ1) is 27.2. The Balaban J connectivity index is 1.18. The number of anilines is 6. The molecule has 0 saturated heterocycles. The maximum Gasteiger partial charge on any atom is 0.227 e. The second kappa shape index (κ2) is 12.5. The third-order valence-corrected chi connectivity index (χ3v) is 10.2. The van der Waals surface area contributed by atoms with E-state index < -0.39 is 0 Å². The Bertz CT molecular complexity index is 3170. The zero-order chi connectivity index (χ0) is 36.3. The lowest BCUT2D eigenvalue weighted by molar-refractivity contribution is 0.620. The number of furan rings is 2. The van der Waals surface area contributed by atoms with Crippen LogP contribution in [0, 0.1) is 0 Å². The summed E-state index contributed by atoms with van der Waals surface area (Å²) in [5, 5.41) is 4.32. The quantitative estimate of drug-likeness (QED) is 0.164. The van der Waals surface area contributed by atoms with Gasteiger partial charge in [-0.25, -0.2) is 4.98 Å². The van der Waals surface area contributed by atoms with Crippen molar-refractivity contribution in [1.29, 1.82) is 0 Å². The maximum atomic E-state index is 6.70. The molecule has 260 valence electrons. The Kier molecular flexibility index (Phi) is 7.07. The molecule has 0 amide bonds. The van der Waals surface area contributed by atoms with Gasteiger partial charge in [-0.1, -0.05) is 91.0 Å². The molecule has 0 atom stereocenters. The van der Waals surface area contributed by atoms with E-state index in [2.05, 4.69) is 119 Å².